The third kappa shape index (κ3) is 5.24. The van der Waals surface area contributed by atoms with E-state index in [-0.39, 0.29) is 29.8 Å². The van der Waals surface area contributed by atoms with Crippen molar-refractivity contribution in [2.24, 2.45) is 0 Å². The van der Waals surface area contributed by atoms with E-state index in [9.17, 15) is 15.0 Å². The lowest BCUT2D eigenvalue weighted by Gasteiger charge is -2.21. The van der Waals surface area contributed by atoms with Crippen LogP contribution >= 0.6 is 0 Å². The molecule has 1 atom stereocenters. The predicted octanol–water partition coefficient (Wildman–Crippen LogP) is 5.85. The topological polar surface area (TPSA) is 66.8 Å². The summed E-state index contributed by atoms with van der Waals surface area (Å²) in [6.07, 6.45) is 0.835. The molecule has 0 fully saturated rings. The highest BCUT2D eigenvalue weighted by Gasteiger charge is 2.19. The lowest BCUT2D eigenvalue weighted by Crippen LogP contribution is -2.08. The Morgan fingerprint density at radius 2 is 1.48 bits per heavy atom. The van der Waals surface area contributed by atoms with Gasteiger partial charge in [-0.25, -0.2) is 0 Å². The summed E-state index contributed by atoms with van der Waals surface area (Å²) in [4.78, 5) is 11.8. The molecule has 0 radical (unpaired) electrons. The van der Waals surface area contributed by atoms with Gasteiger partial charge in [0.25, 0.3) is 0 Å². The van der Waals surface area contributed by atoms with Crippen LogP contribution in [0.5, 0.6) is 11.5 Å². The van der Waals surface area contributed by atoms with E-state index in [1.165, 1.54) is 7.11 Å². The molecule has 4 rings (SSSR count). The quantitative estimate of drug-likeness (QED) is 0.355. The maximum Gasteiger partial charge on any atom is 0.309 e. The molecular formula is C29H26O4. The Balaban J connectivity index is 1.73. The minimum Gasteiger partial charge on any atom is -0.508 e. The van der Waals surface area contributed by atoms with Crippen LogP contribution in [-0.4, -0.2) is 23.3 Å². The number of benzene rings is 4. The maximum absolute atomic E-state index is 11.8. The molecule has 0 spiro atoms. The van der Waals surface area contributed by atoms with Crippen LogP contribution in [0.25, 0.3) is 11.1 Å². The van der Waals surface area contributed by atoms with Crippen LogP contribution in [0.3, 0.4) is 0 Å². The first-order chi connectivity index (χ1) is 16.0. The van der Waals surface area contributed by atoms with E-state index < -0.39 is 0 Å². The highest BCUT2D eigenvalue weighted by atomic mass is 16.5. The van der Waals surface area contributed by atoms with Crippen molar-refractivity contribution in [2.75, 3.05) is 7.11 Å². The predicted molar refractivity (Wildman–Crippen MR) is 129 cm³/mol. The summed E-state index contributed by atoms with van der Waals surface area (Å²) >= 11 is 0. The highest BCUT2D eigenvalue weighted by molar-refractivity contribution is 5.72. The van der Waals surface area contributed by atoms with Gasteiger partial charge in [-0.2, -0.15) is 0 Å². The van der Waals surface area contributed by atoms with E-state index in [0.717, 1.165) is 33.4 Å². The fourth-order valence-corrected chi connectivity index (χ4v) is 4.17. The number of ether oxygens (including phenoxy) is 1. The minimum atomic E-state index is -0.290. The third-order valence-electron chi connectivity index (χ3n) is 5.82. The molecule has 0 aliphatic carbocycles. The van der Waals surface area contributed by atoms with E-state index in [1.807, 2.05) is 66.7 Å². The Hall–Kier alpha value is -4.05. The molecule has 166 valence electrons. The molecule has 4 aromatic carbocycles. The van der Waals surface area contributed by atoms with Crippen molar-refractivity contribution < 1.29 is 19.7 Å². The average molecular weight is 439 g/mol. The van der Waals surface area contributed by atoms with Crippen molar-refractivity contribution in [3.8, 4) is 22.6 Å². The molecule has 33 heavy (non-hydrogen) atoms. The Morgan fingerprint density at radius 3 is 2.24 bits per heavy atom. The van der Waals surface area contributed by atoms with Crippen molar-refractivity contribution in [3.05, 3.63) is 119 Å². The van der Waals surface area contributed by atoms with Crippen LogP contribution in [0.15, 0.2) is 97.1 Å². The zero-order valence-electron chi connectivity index (χ0n) is 18.4. The van der Waals surface area contributed by atoms with Gasteiger partial charge < -0.3 is 14.9 Å². The molecule has 2 N–H and O–H groups in total. The molecule has 0 amide bonds. The molecule has 0 bridgehead atoms. The van der Waals surface area contributed by atoms with Crippen LogP contribution in [0, 0.1) is 0 Å². The summed E-state index contributed by atoms with van der Waals surface area (Å²) in [7, 11) is 1.38. The molecule has 4 aromatic rings. The number of para-hydroxylation sites is 2. The number of methoxy groups -OCH3 is 1. The summed E-state index contributed by atoms with van der Waals surface area (Å²) in [6.45, 7) is 0. The van der Waals surface area contributed by atoms with Crippen LogP contribution in [0.2, 0.25) is 0 Å². The third-order valence-corrected chi connectivity index (χ3v) is 5.82. The second-order valence-electron chi connectivity index (χ2n) is 8.03. The lowest BCUT2D eigenvalue weighted by molar-refractivity contribution is -0.139. The first-order valence-corrected chi connectivity index (χ1v) is 10.9. The highest BCUT2D eigenvalue weighted by Crippen LogP contribution is 2.36. The largest absolute Gasteiger partial charge is 0.508 e. The average Bonchev–Trinajstić information content (AvgIpc) is 2.84. The van der Waals surface area contributed by atoms with Crippen molar-refractivity contribution in [3.63, 3.8) is 0 Å². The van der Waals surface area contributed by atoms with Crippen LogP contribution in [0.1, 0.15) is 28.2 Å². The number of carbonyl (C=O) groups excluding carboxylic acids is 1. The van der Waals surface area contributed by atoms with Gasteiger partial charge in [0.15, 0.2) is 0 Å². The number of phenolic OH excluding ortho intramolecular Hbond substituents is 2. The molecule has 4 nitrogen and oxygen atoms in total. The minimum absolute atomic E-state index is 0.122. The number of hydrogen-bond acceptors (Lipinski definition) is 4. The van der Waals surface area contributed by atoms with Crippen molar-refractivity contribution in [2.45, 2.75) is 18.8 Å². The molecule has 0 aromatic heterocycles. The van der Waals surface area contributed by atoms with Crippen molar-refractivity contribution >= 4 is 5.97 Å². The molecule has 0 saturated heterocycles. The smallest absolute Gasteiger partial charge is 0.309 e. The fraction of sp³-hybridized carbons (Fsp3) is 0.138. The van der Waals surface area contributed by atoms with Gasteiger partial charge in [0.1, 0.15) is 11.5 Å². The van der Waals surface area contributed by atoms with E-state index in [0.29, 0.717) is 6.42 Å². The standard InChI is InChI=1S/C29H26O4/c1-33-29(32)19-21-9-7-11-23(17-21)26(25-13-3-5-15-28(25)31)18-20-8-6-10-22(16-20)24-12-2-4-14-27(24)30/h2-17,26,30-31H,18-19H2,1H3. The van der Waals surface area contributed by atoms with Crippen LogP contribution in [0.4, 0.5) is 0 Å². The first kappa shape index (κ1) is 22.2. The summed E-state index contributed by atoms with van der Waals surface area (Å²) < 4.78 is 4.82. The molecule has 0 aliphatic heterocycles. The molecule has 0 aliphatic rings. The van der Waals surface area contributed by atoms with Crippen LogP contribution in [-0.2, 0) is 22.4 Å². The number of hydrogen-bond donors (Lipinski definition) is 2. The van der Waals surface area contributed by atoms with Crippen molar-refractivity contribution in [1.29, 1.82) is 0 Å². The van der Waals surface area contributed by atoms with Gasteiger partial charge in [-0.05, 0) is 40.8 Å². The fourth-order valence-electron chi connectivity index (χ4n) is 4.17. The number of carbonyl (C=O) groups is 1. The molecule has 0 saturated carbocycles. The summed E-state index contributed by atoms with van der Waals surface area (Å²) in [5, 5.41) is 20.9. The molecule has 1 unspecified atom stereocenters. The van der Waals surface area contributed by atoms with E-state index in [4.69, 9.17) is 4.74 Å². The SMILES string of the molecule is COC(=O)Cc1cccc(C(Cc2cccc(-c3ccccc3O)c2)c2ccccc2O)c1. The number of phenols is 2. The lowest BCUT2D eigenvalue weighted by atomic mass is 9.84. The second kappa shape index (κ2) is 10.0. The molecule has 0 heterocycles. The van der Waals surface area contributed by atoms with Gasteiger partial charge in [0, 0.05) is 17.0 Å². The van der Waals surface area contributed by atoms with Gasteiger partial charge in [0.05, 0.1) is 13.5 Å². The first-order valence-electron chi connectivity index (χ1n) is 10.9. The molecule has 4 heteroatoms. The Labute approximate surface area is 193 Å². The molecular weight excluding hydrogens is 412 g/mol. The van der Waals surface area contributed by atoms with E-state index >= 15 is 0 Å². The number of aromatic hydroxyl groups is 2. The maximum atomic E-state index is 11.8. The van der Waals surface area contributed by atoms with E-state index in [1.54, 1.807) is 18.2 Å². The van der Waals surface area contributed by atoms with E-state index in [2.05, 4.69) is 12.1 Å². The van der Waals surface area contributed by atoms with Gasteiger partial charge >= 0.3 is 5.97 Å². The summed E-state index contributed by atoms with van der Waals surface area (Å²) in [5.41, 5.74) is 5.47. The van der Waals surface area contributed by atoms with Crippen LogP contribution < -0.4 is 0 Å². The second-order valence-corrected chi connectivity index (χ2v) is 8.03. The number of rotatable bonds is 7. The zero-order valence-corrected chi connectivity index (χ0v) is 18.4. The summed E-state index contributed by atoms with van der Waals surface area (Å²) in [5.74, 6) is 0.0604. The summed E-state index contributed by atoms with van der Waals surface area (Å²) in [6, 6.07) is 30.6. The van der Waals surface area contributed by atoms with Gasteiger partial charge in [0.2, 0.25) is 0 Å². The monoisotopic (exact) mass is 438 g/mol. The Kier molecular flexibility index (Phi) is 6.75. The zero-order chi connectivity index (χ0) is 23.2. The van der Waals surface area contributed by atoms with Crippen molar-refractivity contribution in [1.82, 2.24) is 0 Å². The van der Waals surface area contributed by atoms with Gasteiger partial charge in [-0.1, -0.05) is 84.9 Å². The van der Waals surface area contributed by atoms with Gasteiger partial charge in [-0.3, -0.25) is 4.79 Å². The van der Waals surface area contributed by atoms with Gasteiger partial charge in [-0.15, -0.1) is 0 Å². The normalized spacial score (nSPS) is 11.7. The Morgan fingerprint density at radius 1 is 0.788 bits per heavy atom. The Bertz CT molecular complexity index is 1260. The number of esters is 1.